The summed E-state index contributed by atoms with van der Waals surface area (Å²) < 4.78 is 0. The van der Waals surface area contributed by atoms with Gasteiger partial charge in [0.05, 0.1) is 0 Å². The number of hydrogen-bond acceptors (Lipinski definition) is 2. The molecule has 0 saturated heterocycles. The van der Waals surface area contributed by atoms with Gasteiger partial charge in [0.1, 0.15) is 0 Å². The van der Waals surface area contributed by atoms with E-state index in [4.69, 9.17) is 0 Å². The predicted octanol–water partition coefficient (Wildman–Crippen LogP) is 1.44. The maximum absolute atomic E-state index is 11.9. The minimum absolute atomic E-state index is 0.221. The van der Waals surface area contributed by atoms with Crippen molar-refractivity contribution in [2.75, 3.05) is 34.2 Å². The van der Waals surface area contributed by atoms with Crippen molar-refractivity contribution in [1.29, 1.82) is 0 Å². The van der Waals surface area contributed by atoms with Gasteiger partial charge >= 0.3 is 0 Å². The molecule has 0 N–H and O–H groups in total. The molecule has 0 aromatic heterocycles. The van der Waals surface area contributed by atoms with Crippen LogP contribution in [0.3, 0.4) is 0 Å². The van der Waals surface area contributed by atoms with E-state index in [1.165, 1.54) is 0 Å². The van der Waals surface area contributed by atoms with Crippen LogP contribution in [-0.4, -0.2) is 49.9 Å². The van der Waals surface area contributed by atoms with Gasteiger partial charge in [-0.1, -0.05) is 20.8 Å². The summed E-state index contributed by atoms with van der Waals surface area (Å²) >= 11 is 0. The minimum atomic E-state index is -0.221. The Bertz CT molecular complexity index is 188. The zero-order chi connectivity index (χ0) is 11.4. The van der Waals surface area contributed by atoms with Crippen molar-refractivity contribution in [2.24, 2.45) is 5.41 Å². The average Bonchev–Trinajstić information content (AvgIpc) is 2.12. The van der Waals surface area contributed by atoms with Gasteiger partial charge < -0.3 is 9.80 Å². The maximum Gasteiger partial charge on any atom is 0.228 e. The Balaban J connectivity index is 4.12. The summed E-state index contributed by atoms with van der Waals surface area (Å²) in [6.45, 7) is 7.78. The molecule has 0 saturated carbocycles. The highest BCUT2D eigenvalue weighted by atomic mass is 16.2. The van der Waals surface area contributed by atoms with Gasteiger partial charge in [0.15, 0.2) is 0 Å². The van der Waals surface area contributed by atoms with Crippen molar-refractivity contribution in [3.63, 3.8) is 0 Å². The monoisotopic (exact) mass is 200 g/mol. The highest BCUT2D eigenvalue weighted by Gasteiger charge is 2.27. The Kier molecular flexibility index (Phi) is 5.13. The van der Waals surface area contributed by atoms with Crippen molar-refractivity contribution in [2.45, 2.75) is 27.2 Å². The van der Waals surface area contributed by atoms with Gasteiger partial charge in [0, 0.05) is 25.6 Å². The first-order valence-corrected chi connectivity index (χ1v) is 5.21. The van der Waals surface area contributed by atoms with Gasteiger partial charge in [-0.3, -0.25) is 4.79 Å². The third-order valence-electron chi connectivity index (χ3n) is 2.69. The normalized spacial score (nSPS) is 11.9. The van der Waals surface area contributed by atoms with E-state index < -0.39 is 0 Å². The van der Waals surface area contributed by atoms with E-state index in [1.807, 2.05) is 39.9 Å². The highest BCUT2D eigenvalue weighted by molar-refractivity contribution is 5.81. The molecule has 0 spiro atoms. The molecule has 0 bridgehead atoms. The Morgan fingerprint density at radius 3 is 2.00 bits per heavy atom. The van der Waals surface area contributed by atoms with Gasteiger partial charge in [-0.15, -0.1) is 0 Å². The molecule has 14 heavy (non-hydrogen) atoms. The summed E-state index contributed by atoms with van der Waals surface area (Å²) in [5.74, 6) is 0.238. The van der Waals surface area contributed by atoms with E-state index in [2.05, 4.69) is 11.8 Å². The molecular formula is C11H24N2O. The van der Waals surface area contributed by atoms with E-state index in [0.29, 0.717) is 0 Å². The molecule has 0 rings (SSSR count). The van der Waals surface area contributed by atoms with Crippen LogP contribution in [0, 0.1) is 5.41 Å². The van der Waals surface area contributed by atoms with Gasteiger partial charge in [-0.25, -0.2) is 0 Å². The van der Waals surface area contributed by atoms with Crippen LogP contribution in [0.5, 0.6) is 0 Å². The van der Waals surface area contributed by atoms with Crippen LogP contribution in [0.4, 0.5) is 0 Å². The maximum atomic E-state index is 11.9. The number of carbonyl (C=O) groups excluding carboxylic acids is 1. The first-order valence-electron chi connectivity index (χ1n) is 5.21. The van der Waals surface area contributed by atoms with Crippen molar-refractivity contribution in [3.05, 3.63) is 0 Å². The number of rotatable bonds is 5. The quantitative estimate of drug-likeness (QED) is 0.670. The molecule has 0 fully saturated rings. The molecule has 3 nitrogen and oxygen atoms in total. The molecule has 3 heteroatoms. The number of likely N-dealkylation sites (N-methyl/N-ethyl adjacent to an activating group) is 2. The third-order valence-corrected chi connectivity index (χ3v) is 2.69. The Labute approximate surface area is 88.1 Å². The number of carbonyl (C=O) groups is 1. The standard InChI is InChI=1S/C11H24N2O/c1-7-11(2,3)10(14)13(6)9-8-12(4)5/h7-9H2,1-6H3. The fourth-order valence-corrected chi connectivity index (χ4v) is 1.12. The van der Waals surface area contributed by atoms with E-state index in [0.717, 1.165) is 19.5 Å². The number of nitrogens with zero attached hydrogens (tertiary/aromatic N) is 2. The smallest absolute Gasteiger partial charge is 0.228 e. The molecule has 0 aliphatic rings. The van der Waals surface area contributed by atoms with E-state index in [-0.39, 0.29) is 11.3 Å². The molecular weight excluding hydrogens is 176 g/mol. The fraction of sp³-hybridized carbons (Fsp3) is 0.909. The van der Waals surface area contributed by atoms with Crippen molar-refractivity contribution >= 4 is 5.91 Å². The minimum Gasteiger partial charge on any atom is -0.344 e. The molecule has 0 aromatic carbocycles. The lowest BCUT2D eigenvalue weighted by Gasteiger charge is -2.29. The molecule has 0 aromatic rings. The van der Waals surface area contributed by atoms with Gasteiger partial charge in [-0.05, 0) is 20.5 Å². The van der Waals surface area contributed by atoms with Crippen LogP contribution in [0.2, 0.25) is 0 Å². The summed E-state index contributed by atoms with van der Waals surface area (Å²) in [6, 6.07) is 0. The first-order chi connectivity index (χ1) is 6.31. The predicted molar refractivity (Wildman–Crippen MR) is 60.3 cm³/mol. The number of hydrogen-bond donors (Lipinski definition) is 0. The second-order valence-corrected chi connectivity index (χ2v) is 4.77. The van der Waals surface area contributed by atoms with E-state index >= 15 is 0 Å². The summed E-state index contributed by atoms with van der Waals surface area (Å²) in [5, 5.41) is 0. The molecule has 1 amide bonds. The molecule has 0 atom stereocenters. The van der Waals surface area contributed by atoms with Crippen LogP contribution in [0.15, 0.2) is 0 Å². The van der Waals surface area contributed by atoms with Crippen LogP contribution in [0.1, 0.15) is 27.2 Å². The number of amides is 1. The SMILES string of the molecule is CCC(C)(C)C(=O)N(C)CCN(C)C. The zero-order valence-corrected chi connectivity index (χ0v) is 10.4. The molecule has 84 valence electrons. The van der Waals surface area contributed by atoms with Crippen molar-refractivity contribution < 1.29 is 4.79 Å². The van der Waals surface area contributed by atoms with Crippen LogP contribution < -0.4 is 0 Å². The topological polar surface area (TPSA) is 23.6 Å². The largest absolute Gasteiger partial charge is 0.344 e. The van der Waals surface area contributed by atoms with Crippen LogP contribution in [-0.2, 0) is 4.79 Å². The second kappa shape index (κ2) is 5.35. The molecule has 0 radical (unpaired) electrons. The summed E-state index contributed by atoms with van der Waals surface area (Å²) in [5.41, 5.74) is -0.221. The second-order valence-electron chi connectivity index (χ2n) is 4.77. The molecule has 0 heterocycles. The lowest BCUT2D eigenvalue weighted by molar-refractivity contribution is -0.139. The average molecular weight is 200 g/mol. The van der Waals surface area contributed by atoms with Crippen molar-refractivity contribution in [3.8, 4) is 0 Å². The molecule has 0 aliphatic heterocycles. The van der Waals surface area contributed by atoms with Crippen LogP contribution in [0.25, 0.3) is 0 Å². The summed E-state index contributed by atoms with van der Waals surface area (Å²) in [6.07, 6.45) is 0.887. The third kappa shape index (κ3) is 4.09. The van der Waals surface area contributed by atoms with Crippen molar-refractivity contribution in [1.82, 2.24) is 9.80 Å². The first kappa shape index (κ1) is 13.4. The fourth-order valence-electron chi connectivity index (χ4n) is 1.12. The highest BCUT2D eigenvalue weighted by Crippen LogP contribution is 2.21. The van der Waals surface area contributed by atoms with E-state index in [9.17, 15) is 4.79 Å². The Hall–Kier alpha value is -0.570. The Morgan fingerprint density at radius 1 is 1.14 bits per heavy atom. The molecule has 0 aliphatic carbocycles. The summed E-state index contributed by atoms with van der Waals surface area (Å²) in [4.78, 5) is 15.8. The summed E-state index contributed by atoms with van der Waals surface area (Å²) in [7, 11) is 5.91. The van der Waals surface area contributed by atoms with E-state index in [1.54, 1.807) is 0 Å². The van der Waals surface area contributed by atoms with Gasteiger partial charge in [0.25, 0.3) is 0 Å². The van der Waals surface area contributed by atoms with Crippen LogP contribution >= 0.6 is 0 Å². The zero-order valence-electron chi connectivity index (χ0n) is 10.4. The van der Waals surface area contributed by atoms with Gasteiger partial charge in [0.2, 0.25) is 5.91 Å². The molecule has 0 unspecified atom stereocenters. The van der Waals surface area contributed by atoms with Gasteiger partial charge in [-0.2, -0.15) is 0 Å². The lowest BCUT2D eigenvalue weighted by atomic mass is 9.89. The Morgan fingerprint density at radius 2 is 1.64 bits per heavy atom. The lowest BCUT2D eigenvalue weighted by Crippen LogP contribution is -2.41.